The summed E-state index contributed by atoms with van der Waals surface area (Å²) in [4.78, 5) is 15.9. The van der Waals surface area contributed by atoms with E-state index < -0.39 is 0 Å². The predicted octanol–water partition coefficient (Wildman–Crippen LogP) is 2.19. The zero-order valence-electron chi connectivity index (χ0n) is 9.65. The van der Waals surface area contributed by atoms with Crippen LogP contribution in [0, 0.1) is 0 Å². The van der Waals surface area contributed by atoms with E-state index in [1.807, 2.05) is 0 Å². The van der Waals surface area contributed by atoms with Crippen molar-refractivity contribution in [2.24, 2.45) is 0 Å². The molecule has 16 heavy (non-hydrogen) atoms. The van der Waals surface area contributed by atoms with Crippen LogP contribution in [0.1, 0.15) is 43.0 Å². The molecule has 2 unspecified atom stereocenters. The maximum absolute atomic E-state index is 12.0. The summed E-state index contributed by atoms with van der Waals surface area (Å²) in [5.41, 5.74) is 0.773. The first-order chi connectivity index (χ1) is 7.75. The number of ketones is 1. The van der Waals surface area contributed by atoms with Crippen LogP contribution >= 0.6 is 0 Å². The summed E-state index contributed by atoms with van der Waals surface area (Å²) < 4.78 is 0. The Morgan fingerprint density at radius 1 is 1.44 bits per heavy atom. The summed E-state index contributed by atoms with van der Waals surface area (Å²) in [6.45, 7) is 2.18. The van der Waals surface area contributed by atoms with Crippen molar-refractivity contribution < 1.29 is 4.79 Å². The van der Waals surface area contributed by atoms with E-state index in [1.165, 1.54) is 12.8 Å². The smallest absolute Gasteiger partial charge is 0.164 e. The number of piperidine rings is 1. The Kier molecular flexibility index (Phi) is 3.67. The minimum absolute atomic E-state index is 0.217. The third-order valence-electron chi connectivity index (χ3n) is 3.14. The van der Waals surface area contributed by atoms with Crippen LogP contribution in [0.15, 0.2) is 24.5 Å². The molecular weight excluding hydrogens is 200 g/mol. The quantitative estimate of drug-likeness (QED) is 0.791. The van der Waals surface area contributed by atoms with Crippen LogP contribution in [0.5, 0.6) is 0 Å². The lowest BCUT2D eigenvalue weighted by Gasteiger charge is -2.28. The van der Waals surface area contributed by atoms with E-state index in [-0.39, 0.29) is 5.78 Å². The Morgan fingerprint density at radius 2 is 2.19 bits per heavy atom. The van der Waals surface area contributed by atoms with Crippen LogP contribution in [-0.4, -0.2) is 22.9 Å². The molecule has 3 heteroatoms. The zero-order chi connectivity index (χ0) is 11.4. The van der Waals surface area contributed by atoms with Gasteiger partial charge in [-0.2, -0.15) is 0 Å². The maximum atomic E-state index is 12.0. The number of Topliss-reactive ketones (excluding diaryl/α,β-unsaturated/α-hetero) is 1. The van der Waals surface area contributed by atoms with Crippen molar-refractivity contribution in [2.75, 3.05) is 0 Å². The van der Waals surface area contributed by atoms with E-state index in [0.717, 1.165) is 12.0 Å². The minimum atomic E-state index is 0.217. The lowest BCUT2D eigenvalue weighted by molar-refractivity contribution is 0.0959. The Hall–Kier alpha value is -1.22. The Bertz CT molecular complexity index is 350. The van der Waals surface area contributed by atoms with Gasteiger partial charge in [0.05, 0.1) is 0 Å². The van der Waals surface area contributed by atoms with Gasteiger partial charge in [0.25, 0.3) is 0 Å². The average molecular weight is 218 g/mol. The maximum Gasteiger partial charge on any atom is 0.164 e. The Labute approximate surface area is 96.3 Å². The van der Waals surface area contributed by atoms with Crippen molar-refractivity contribution in [3.05, 3.63) is 30.1 Å². The van der Waals surface area contributed by atoms with Gasteiger partial charge in [-0.05, 0) is 31.9 Å². The first-order valence-corrected chi connectivity index (χ1v) is 5.95. The second-order valence-electron chi connectivity index (χ2n) is 4.56. The van der Waals surface area contributed by atoms with Gasteiger partial charge in [-0.15, -0.1) is 0 Å². The van der Waals surface area contributed by atoms with Crippen molar-refractivity contribution in [1.82, 2.24) is 10.3 Å². The normalized spacial score (nSPS) is 25.3. The highest BCUT2D eigenvalue weighted by Gasteiger charge is 2.20. The molecular formula is C13H18N2O. The van der Waals surface area contributed by atoms with Gasteiger partial charge in [0.2, 0.25) is 0 Å². The number of hydrogen-bond donors (Lipinski definition) is 1. The third-order valence-corrected chi connectivity index (χ3v) is 3.14. The molecule has 0 saturated carbocycles. The molecule has 1 aliphatic heterocycles. The summed E-state index contributed by atoms with van der Waals surface area (Å²) in [6, 6.07) is 4.47. The number of pyridine rings is 1. The molecule has 2 heterocycles. The molecule has 0 bridgehead atoms. The van der Waals surface area contributed by atoms with Crippen LogP contribution in [0.3, 0.4) is 0 Å². The van der Waals surface area contributed by atoms with Gasteiger partial charge in [-0.1, -0.05) is 6.42 Å². The highest BCUT2D eigenvalue weighted by atomic mass is 16.1. The standard InChI is InChI=1S/C13H18N2O/c1-10-3-2-4-12(15-10)9-13(16)11-5-7-14-8-6-11/h5-8,10,12,15H,2-4,9H2,1H3. The molecule has 2 rings (SSSR count). The van der Waals surface area contributed by atoms with E-state index in [2.05, 4.69) is 17.2 Å². The molecule has 1 fully saturated rings. The monoisotopic (exact) mass is 218 g/mol. The molecule has 1 aromatic rings. The number of aromatic nitrogens is 1. The Balaban J connectivity index is 1.92. The molecule has 0 spiro atoms. The summed E-state index contributed by atoms with van der Waals surface area (Å²) in [5.74, 6) is 0.217. The number of rotatable bonds is 3. The van der Waals surface area contributed by atoms with Gasteiger partial charge in [-0.3, -0.25) is 9.78 Å². The van der Waals surface area contributed by atoms with E-state index in [9.17, 15) is 4.79 Å². The van der Waals surface area contributed by atoms with Crippen LogP contribution < -0.4 is 5.32 Å². The van der Waals surface area contributed by atoms with Gasteiger partial charge in [0, 0.05) is 36.5 Å². The van der Waals surface area contributed by atoms with E-state index in [1.54, 1.807) is 24.5 Å². The molecule has 0 amide bonds. The van der Waals surface area contributed by atoms with Crippen molar-refractivity contribution in [3.63, 3.8) is 0 Å². The molecule has 1 saturated heterocycles. The predicted molar refractivity (Wildman–Crippen MR) is 63.4 cm³/mol. The second kappa shape index (κ2) is 5.21. The highest BCUT2D eigenvalue weighted by Crippen LogP contribution is 2.16. The van der Waals surface area contributed by atoms with Gasteiger partial charge < -0.3 is 5.32 Å². The lowest BCUT2D eigenvalue weighted by Crippen LogP contribution is -2.41. The number of nitrogens with one attached hydrogen (secondary N) is 1. The summed E-state index contributed by atoms with van der Waals surface area (Å²) in [6.07, 6.45) is 7.51. The molecule has 1 aromatic heterocycles. The van der Waals surface area contributed by atoms with Crippen LogP contribution in [0.2, 0.25) is 0 Å². The second-order valence-corrected chi connectivity index (χ2v) is 4.56. The molecule has 2 atom stereocenters. The van der Waals surface area contributed by atoms with Crippen LogP contribution in [0.4, 0.5) is 0 Å². The van der Waals surface area contributed by atoms with Gasteiger partial charge in [0.1, 0.15) is 0 Å². The highest BCUT2D eigenvalue weighted by molar-refractivity contribution is 5.96. The van der Waals surface area contributed by atoms with Crippen LogP contribution in [-0.2, 0) is 0 Å². The number of hydrogen-bond acceptors (Lipinski definition) is 3. The van der Waals surface area contributed by atoms with Gasteiger partial charge in [0.15, 0.2) is 5.78 Å². The fourth-order valence-electron chi connectivity index (χ4n) is 2.28. The fourth-order valence-corrected chi connectivity index (χ4v) is 2.28. The SMILES string of the molecule is CC1CCCC(CC(=O)c2ccncc2)N1. The van der Waals surface area contributed by atoms with Crippen molar-refractivity contribution in [2.45, 2.75) is 44.7 Å². The van der Waals surface area contributed by atoms with E-state index >= 15 is 0 Å². The van der Waals surface area contributed by atoms with Crippen LogP contribution in [0.25, 0.3) is 0 Å². The third kappa shape index (κ3) is 2.89. The van der Waals surface area contributed by atoms with Gasteiger partial charge in [-0.25, -0.2) is 0 Å². The number of carbonyl (C=O) groups is 1. The van der Waals surface area contributed by atoms with Crippen molar-refractivity contribution in [3.8, 4) is 0 Å². The summed E-state index contributed by atoms with van der Waals surface area (Å²) >= 11 is 0. The zero-order valence-corrected chi connectivity index (χ0v) is 9.65. The van der Waals surface area contributed by atoms with Crippen molar-refractivity contribution >= 4 is 5.78 Å². The number of carbonyl (C=O) groups excluding carboxylic acids is 1. The minimum Gasteiger partial charge on any atom is -0.311 e. The molecule has 1 N–H and O–H groups in total. The first kappa shape index (κ1) is 11.3. The molecule has 86 valence electrons. The summed E-state index contributed by atoms with van der Waals surface area (Å²) in [7, 11) is 0. The first-order valence-electron chi connectivity index (χ1n) is 5.95. The average Bonchev–Trinajstić information content (AvgIpc) is 2.30. The number of nitrogens with zero attached hydrogens (tertiary/aromatic N) is 1. The van der Waals surface area contributed by atoms with Gasteiger partial charge >= 0.3 is 0 Å². The lowest BCUT2D eigenvalue weighted by atomic mass is 9.94. The molecule has 0 radical (unpaired) electrons. The molecule has 1 aliphatic rings. The largest absolute Gasteiger partial charge is 0.311 e. The Morgan fingerprint density at radius 3 is 2.88 bits per heavy atom. The molecule has 0 aromatic carbocycles. The fraction of sp³-hybridized carbons (Fsp3) is 0.538. The van der Waals surface area contributed by atoms with E-state index in [4.69, 9.17) is 0 Å². The topological polar surface area (TPSA) is 42.0 Å². The van der Waals surface area contributed by atoms with E-state index in [0.29, 0.717) is 18.5 Å². The molecule has 0 aliphatic carbocycles. The summed E-state index contributed by atoms with van der Waals surface area (Å²) in [5, 5.41) is 3.48. The molecule has 3 nitrogen and oxygen atoms in total. The van der Waals surface area contributed by atoms with Crippen molar-refractivity contribution in [1.29, 1.82) is 0 Å².